The van der Waals surface area contributed by atoms with E-state index in [1.807, 2.05) is 34.6 Å². The minimum atomic E-state index is -3.56. The lowest BCUT2D eigenvalue weighted by molar-refractivity contribution is 0.358. The topological polar surface area (TPSA) is 71.3 Å². The molecular formula is C14H26N2O3S. The quantitative estimate of drug-likeness (QED) is 0.812. The third kappa shape index (κ3) is 5.64. The molecule has 0 radical (unpaired) electrons. The Bertz CT molecular complexity index is 515. The first-order chi connectivity index (χ1) is 9.14. The fourth-order valence-electron chi connectivity index (χ4n) is 1.76. The molecule has 0 fully saturated rings. The fraction of sp³-hybridized carbons (Fsp3) is 0.714. The molecular weight excluding hydrogens is 276 g/mol. The van der Waals surface area contributed by atoms with E-state index < -0.39 is 10.0 Å². The van der Waals surface area contributed by atoms with Crippen LogP contribution in [0.5, 0.6) is 0 Å². The highest BCUT2D eigenvalue weighted by Crippen LogP contribution is 2.15. The minimum absolute atomic E-state index is 0.0221. The van der Waals surface area contributed by atoms with Crippen molar-refractivity contribution in [3.63, 3.8) is 0 Å². The standard InChI is InChI=1S/C14H26N2O3S/c1-6-7-11(2)16-20(17,18)13-9-8-12(19-13)10-15-14(3,4)5/h8-9,11,15-16H,6-7,10H2,1-5H3. The van der Waals surface area contributed by atoms with Gasteiger partial charge in [-0.3, -0.25) is 0 Å². The molecule has 1 aromatic heterocycles. The first-order valence-electron chi connectivity index (χ1n) is 7.00. The average molecular weight is 302 g/mol. The Morgan fingerprint density at radius 1 is 1.30 bits per heavy atom. The summed E-state index contributed by atoms with van der Waals surface area (Å²) in [5.74, 6) is 0.614. The third-order valence-corrected chi connectivity index (χ3v) is 4.23. The van der Waals surface area contributed by atoms with E-state index >= 15 is 0 Å². The second kappa shape index (κ2) is 6.74. The lowest BCUT2D eigenvalue weighted by Crippen LogP contribution is -2.35. The van der Waals surface area contributed by atoms with E-state index in [-0.39, 0.29) is 16.7 Å². The number of sulfonamides is 1. The Morgan fingerprint density at radius 3 is 2.50 bits per heavy atom. The van der Waals surface area contributed by atoms with Gasteiger partial charge < -0.3 is 9.73 Å². The molecule has 0 amide bonds. The van der Waals surface area contributed by atoms with E-state index in [0.29, 0.717) is 12.3 Å². The molecule has 2 N–H and O–H groups in total. The van der Waals surface area contributed by atoms with Crippen LogP contribution in [0.15, 0.2) is 21.6 Å². The van der Waals surface area contributed by atoms with E-state index in [1.165, 1.54) is 6.07 Å². The van der Waals surface area contributed by atoms with Gasteiger partial charge in [-0.25, -0.2) is 13.1 Å². The molecule has 0 saturated carbocycles. The van der Waals surface area contributed by atoms with Crippen LogP contribution in [0.3, 0.4) is 0 Å². The zero-order valence-electron chi connectivity index (χ0n) is 13.0. The molecule has 0 aliphatic heterocycles. The molecule has 0 aromatic carbocycles. The van der Waals surface area contributed by atoms with Gasteiger partial charge in [-0.2, -0.15) is 0 Å². The Labute approximate surface area is 122 Å². The fourth-order valence-corrected chi connectivity index (χ4v) is 2.99. The lowest BCUT2D eigenvalue weighted by Gasteiger charge is -2.19. The van der Waals surface area contributed by atoms with Gasteiger partial charge >= 0.3 is 0 Å². The molecule has 1 heterocycles. The number of hydrogen-bond acceptors (Lipinski definition) is 4. The Balaban J connectivity index is 2.70. The summed E-state index contributed by atoms with van der Waals surface area (Å²) >= 11 is 0. The highest BCUT2D eigenvalue weighted by atomic mass is 32.2. The van der Waals surface area contributed by atoms with Crippen molar-refractivity contribution in [3.05, 3.63) is 17.9 Å². The van der Waals surface area contributed by atoms with Gasteiger partial charge in [0.2, 0.25) is 5.09 Å². The molecule has 0 aliphatic carbocycles. The monoisotopic (exact) mass is 302 g/mol. The zero-order chi connectivity index (χ0) is 15.4. The van der Waals surface area contributed by atoms with Gasteiger partial charge in [0.15, 0.2) is 0 Å². The maximum Gasteiger partial charge on any atom is 0.274 e. The Kier molecular flexibility index (Phi) is 5.79. The summed E-state index contributed by atoms with van der Waals surface area (Å²) < 4.78 is 32.2. The van der Waals surface area contributed by atoms with Crippen molar-refractivity contribution in [2.45, 2.75) is 70.7 Å². The summed E-state index contributed by atoms with van der Waals surface area (Å²) in [6.07, 6.45) is 1.74. The van der Waals surface area contributed by atoms with Crippen molar-refractivity contribution in [1.29, 1.82) is 0 Å². The highest BCUT2D eigenvalue weighted by molar-refractivity contribution is 7.89. The molecule has 1 aromatic rings. The van der Waals surface area contributed by atoms with E-state index in [9.17, 15) is 8.42 Å². The summed E-state index contributed by atoms with van der Waals surface area (Å²) in [5, 5.41) is 3.23. The summed E-state index contributed by atoms with van der Waals surface area (Å²) in [4.78, 5) is 0. The third-order valence-electron chi connectivity index (χ3n) is 2.77. The van der Waals surface area contributed by atoms with Crippen LogP contribution in [0.1, 0.15) is 53.2 Å². The Hall–Kier alpha value is -0.850. The number of nitrogens with one attached hydrogen (secondary N) is 2. The number of hydrogen-bond donors (Lipinski definition) is 2. The summed E-state index contributed by atoms with van der Waals surface area (Å²) in [6.45, 7) is 10.5. The summed E-state index contributed by atoms with van der Waals surface area (Å²) in [5.41, 5.74) is -0.0419. The van der Waals surface area contributed by atoms with Crippen LogP contribution in [-0.4, -0.2) is 20.0 Å². The predicted molar refractivity (Wildman–Crippen MR) is 80.0 cm³/mol. The molecule has 5 nitrogen and oxygen atoms in total. The second-order valence-electron chi connectivity index (χ2n) is 6.14. The predicted octanol–water partition coefficient (Wildman–Crippen LogP) is 2.63. The maximum atomic E-state index is 12.1. The number of furan rings is 1. The summed E-state index contributed by atoms with van der Waals surface area (Å²) in [7, 11) is -3.56. The maximum absolute atomic E-state index is 12.1. The molecule has 0 spiro atoms. The molecule has 1 rings (SSSR count). The molecule has 1 atom stereocenters. The second-order valence-corrected chi connectivity index (χ2v) is 7.78. The van der Waals surface area contributed by atoms with Gasteiger partial charge in [0, 0.05) is 11.6 Å². The first kappa shape index (κ1) is 17.2. The average Bonchev–Trinajstić information content (AvgIpc) is 2.74. The molecule has 6 heteroatoms. The zero-order valence-corrected chi connectivity index (χ0v) is 13.8. The molecule has 116 valence electrons. The van der Waals surface area contributed by atoms with Crippen LogP contribution in [-0.2, 0) is 16.6 Å². The van der Waals surface area contributed by atoms with Gasteiger partial charge in [-0.15, -0.1) is 0 Å². The Morgan fingerprint density at radius 2 is 1.95 bits per heavy atom. The van der Waals surface area contributed by atoms with Crippen molar-refractivity contribution in [2.24, 2.45) is 0 Å². The van der Waals surface area contributed by atoms with Crippen molar-refractivity contribution in [1.82, 2.24) is 10.0 Å². The minimum Gasteiger partial charge on any atom is -0.447 e. The highest BCUT2D eigenvalue weighted by Gasteiger charge is 2.21. The van der Waals surface area contributed by atoms with Crippen LogP contribution >= 0.6 is 0 Å². The lowest BCUT2D eigenvalue weighted by atomic mass is 10.1. The van der Waals surface area contributed by atoms with Crippen LogP contribution in [0.25, 0.3) is 0 Å². The van der Waals surface area contributed by atoms with Gasteiger partial charge in [-0.1, -0.05) is 13.3 Å². The normalized spacial score (nSPS) is 14.4. The van der Waals surface area contributed by atoms with Crippen molar-refractivity contribution in [2.75, 3.05) is 0 Å². The van der Waals surface area contributed by atoms with Gasteiger partial charge in [0.25, 0.3) is 10.0 Å². The van der Waals surface area contributed by atoms with Crippen molar-refractivity contribution < 1.29 is 12.8 Å². The largest absolute Gasteiger partial charge is 0.447 e. The smallest absolute Gasteiger partial charge is 0.274 e. The SMILES string of the molecule is CCCC(C)NS(=O)(=O)c1ccc(CNC(C)(C)C)o1. The molecule has 1 unspecified atom stereocenters. The first-order valence-corrected chi connectivity index (χ1v) is 8.48. The van der Waals surface area contributed by atoms with Crippen LogP contribution in [0.2, 0.25) is 0 Å². The van der Waals surface area contributed by atoms with E-state index in [2.05, 4.69) is 10.0 Å². The van der Waals surface area contributed by atoms with E-state index in [1.54, 1.807) is 6.07 Å². The van der Waals surface area contributed by atoms with Gasteiger partial charge in [-0.05, 0) is 46.2 Å². The summed E-state index contributed by atoms with van der Waals surface area (Å²) in [6, 6.07) is 3.10. The number of rotatable bonds is 7. The molecule has 0 saturated heterocycles. The van der Waals surface area contributed by atoms with Crippen molar-refractivity contribution >= 4 is 10.0 Å². The van der Waals surface area contributed by atoms with Gasteiger partial charge in [0.05, 0.1) is 6.54 Å². The van der Waals surface area contributed by atoms with Crippen LogP contribution in [0, 0.1) is 0 Å². The molecule has 0 aliphatic rings. The van der Waals surface area contributed by atoms with Crippen molar-refractivity contribution in [3.8, 4) is 0 Å². The van der Waals surface area contributed by atoms with Crippen LogP contribution < -0.4 is 10.0 Å². The van der Waals surface area contributed by atoms with E-state index in [0.717, 1.165) is 12.8 Å². The molecule has 20 heavy (non-hydrogen) atoms. The van der Waals surface area contributed by atoms with Crippen LogP contribution in [0.4, 0.5) is 0 Å². The van der Waals surface area contributed by atoms with E-state index in [4.69, 9.17) is 4.42 Å². The van der Waals surface area contributed by atoms with Gasteiger partial charge in [0.1, 0.15) is 5.76 Å². The molecule has 0 bridgehead atoms.